The lowest BCUT2D eigenvalue weighted by atomic mass is 10.0. The van der Waals surface area contributed by atoms with Gasteiger partial charge in [0, 0.05) is 36.1 Å². The van der Waals surface area contributed by atoms with Crippen LogP contribution in [0, 0.1) is 0 Å². The Labute approximate surface area is 157 Å². The number of rotatable bonds is 4. The Morgan fingerprint density at radius 2 is 1.85 bits per heavy atom. The number of carbonyl (C=O) groups excluding carboxylic acids is 1. The van der Waals surface area contributed by atoms with Crippen LogP contribution in [0.25, 0.3) is 11.0 Å². The van der Waals surface area contributed by atoms with E-state index in [1.54, 1.807) is 6.07 Å². The van der Waals surface area contributed by atoms with Gasteiger partial charge in [0.05, 0.1) is 0 Å². The van der Waals surface area contributed by atoms with Gasteiger partial charge in [-0.3, -0.25) is 9.69 Å². The van der Waals surface area contributed by atoms with Gasteiger partial charge < -0.3 is 9.73 Å². The van der Waals surface area contributed by atoms with Crippen molar-refractivity contribution < 1.29 is 9.21 Å². The first kappa shape index (κ1) is 17.1. The summed E-state index contributed by atoms with van der Waals surface area (Å²) in [6, 6.07) is 17.7. The van der Waals surface area contributed by atoms with Crippen LogP contribution < -0.4 is 5.32 Å². The highest BCUT2D eigenvalue weighted by molar-refractivity contribution is 6.30. The van der Waals surface area contributed by atoms with Gasteiger partial charge in [0.15, 0.2) is 5.76 Å². The third kappa shape index (κ3) is 3.92. The molecule has 0 atom stereocenters. The average Bonchev–Trinajstić information content (AvgIpc) is 3.10. The van der Waals surface area contributed by atoms with Gasteiger partial charge >= 0.3 is 0 Å². The topological polar surface area (TPSA) is 45.5 Å². The lowest BCUT2D eigenvalue weighted by Crippen LogP contribution is -2.44. The molecule has 3 aromatic rings. The molecule has 0 spiro atoms. The molecule has 134 valence electrons. The van der Waals surface area contributed by atoms with Gasteiger partial charge in [0.1, 0.15) is 5.58 Å². The number of hydrogen-bond donors (Lipinski definition) is 1. The van der Waals surface area contributed by atoms with Crippen LogP contribution >= 0.6 is 11.6 Å². The third-order valence-electron chi connectivity index (χ3n) is 4.89. The summed E-state index contributed by atoms with van der Waals surface area (Å²) in [7, 11) is 0. The summed E-state index contributed by atoms with van der Waals surface area (Å²) in [5.74, 6) is 0.257. The summed E-state index contributed by atoms with van der Waals surface area (Å²) >= 11 is 5.94. The van der Waals surface area contributed by atoms with Crippen molar-refractivity contribution in [3.8, 4) is 0 Å². The Bertz CT molecular complexity index is 863. The summed E-state index contributed by atoms with van der Waals surface area (Å²) in [5.41, 5.74) is 2.01. The number of benzene rings is 2. The van der Waals surface area contributed by atoms with Crippen molar-refractivity contribution in [2.24, 2.45) is 0 Å². The van der Waals surface area contributed by atoms with Crippen molar-refractivity contribution in [1.29, 1.82) is 0 Å². The quantitative estimate of drug-likeness (QED) is 0.738. The van der Waals surface area contributed by atoms with E-state index in [1.165, 1.54) is 5.56 Å². The molecular weight excluding hydrogens is 348 g/mol. The molecule has 0 radical (unpaired) electrons. The lowest BCUT2D eigenvalue weighted by Gasteiger charge is -2.32. The van der Waals surface area contributed by atoms with Crippen molar-refractivity contribution >= 4 is 28.5 Å². The third-order valence-corrected chi connectivity index (χ3v) is 5.14. The summed E-state index contributed by atoms with van der Waals surface area (Å²) in [6.07, 6.45) is 1.89. The predicted octanol–water partition coefficient (Wildman–Crippen LogP) is 4.48. The van der Waals surface area contributed by atoms with E-state index in [0.29, 0.717) is 5.76 Å². The number of para-hydroxylation sites is 1. The van der Waals surface area contributed by atoms with Crippen molar-refractivity contribution in [3.63, 3.8) is 0 Å². The van der Waals surface area contributed by atoms with E-state index in [2.05, 4.69) is 22.3 Å². The number of likely N-dealkylation sites (tertiary alicyclic amines) is 1. The first-order chi connectivity index (χ1) is 12.7. The number of nitrogens with zero attached hydrogens (tertiary/aromatic N) is 1. The molecule has 1 saturated heterocycles. The molecule has 0 bridgehead atoms. The Balaban J connectivity index is 1.30. The zero-order valence-electron chi connectivity index (χ0n) is 14.5. The number of piperidine rings is 1. The molecule has 1 amide bonds. The first-order valence-corrected chi connectivity index (χ1v) is 9.31. The molecule has 1 aliphatic heterocycles. The maximum Gasteiger partial charge on any atom is 0.287 e. The average molecular weight is 369 g/mol. The van der Waals surface area contributed by atoms with Crippen molar-refractivity contribution in [3.05, 3.63) is 70.9 Å². The molecule has 4 rings (SSSR count). The number of fused-ring (bicyclic) bond motifs is 1. The fraction of sp³-hybridized carbons (Fsp3) is 0.286. The SMILES string of the molecule is O=C(NC1CCN(Cc2ccc(Cl)cc2)CC1)c1cc2ccccc2o1. The molecule has 4 nitrogen and oxygen atoms in total. The van der Waals surface area contributed by atoms with Gasteiger partial charge in [-0.05, 0) is 42.7 Å². The Morgan fingerprint density at radius 3 is 2.58 bits per heavy atom. The fourth-order valence-electron chi connectivity index (χ4n) is 3.43. The van der Waals surface area contributed by atoms with Gasteiger partial charge in [0.2, 0.25) is 0 Å². The Hall–Kier alpha value is -2.30. The van der Waals surface area contributed by atoms with Crippen LogP contribution in [0.15, 0.2) is 59.0 Å². The molecule has 1 aliphatic rings. The van der Waals surface area contributed by atoms with Gasteiger partial charge in [-0.2, -0.15) is 0 Å². The van der Waals surface area contributed by atoms with Gasteiger partial charge in [-0.15, -0.1) is 0 Å². The molecule has 1 fully saturated rings. The zero-order chi connectivity index (χ0) is 17.9. The van der Waals surface area contributed by atoms with Crippen LogP contribution in [0.1, 0.15) is 29.0 Å². The normalized spacial score (nSPS) is 16.0. The van der Waals surface area contributed by atoms with Crippen molar-refractivity contribution in [1.82, 2.24) is 10.2 Å². The van der Waals surface area contributed by atoms with Gasteiger partial charge in [-0.1, -0.05) is 41.9 Å². The number of nitrogens with one attached hydrogen (secondary N) is 1. The van der Waals surface area contributed by atoms with Crippen LogP contribution in [0.5, 0.6) is 0 Å². The summed E-state index contributed by atoms with van der Waals surface area (Å²) in [5, 5.41) is 4.83. The molecule has 1 aromatic heterocycles. The monoisotopic (exact) mass is 368 g/mol. The fourth-order valence-corrected chi connectivity index (χ4v) is 3.56. The molecule has 0 aliphatic carbocycles. The number of amides is 1. The van der Waals surface area contributed by atoms with Crippen LogP contribution in [0.3, 0.4) is 0 Å². The molecule has 0 saturated carbocycles. The van der Waals surface area contributed by atoms with E-state index < -0.39 is 0 Å². The second-order valence-corrected chi connectivity index (χ2v) is 7.24. The number of hydrogen-bond acceptors (Lipinski definition) is 3. The highest BCUT2D eigenvalue weighted by Gasteiger charge is 2.22. The van der Waals surface area contributed by atoms with E-state index >= 15 is 0 Å². The molecule has 2 heterocycles. The van der Waals surface area contributed by atoms with E-state index in [0.717, 1.165) is 48.5 Å². The molecular formula is C21H21ClN2O2. The number of halogens is 1. The standard InChI is InChI=1S/C21H21ClN2O2/c22-17-7-5-15(6-8-17)14-24-11-9-18(10-12-24)23-21(25)20-13-16-3-1-2-4-19(16)26-20/h1-8,13,18H,9-12,14H2,(H,23,25). The van der Waals surface area contributed by atoms with E-state index in [-0.39, 0.29) is 11.9 Å². The van der Waals surface area contributed by atoms with E-state index in [4.69, 9.17) is 16.0 Å². The lowest BCUT2D eigenvalue weighted by molar-refractivity contribution is 0.0883. The van der Waals surface area contributed by atoms with Crippen LogP contribution in [-0.4, -0.2) is 29.9 Å². The summed E-state index contributed by atoms with van der Waals surface area (Å²) in [6.45, 7) is 2.85. The number of carbonyl (C=O) groups is 1. The maximum absolute atomic E-state index is 12.5. The smallest absolute Gasteiger partial charge is 0.287 e. The number of furan rings is 1. The van der Waals surface area contributed by atoms with Crippen LogP contribution in [0.2, 0.25) is 5.02 Å². The van der Waals surface area contributed by atoms with Crippen molar-refractivity contribution in [2.75, 3.05) is 13.1 Å². The Morgan fingerprint density at radius 1 is 1.12 bits per heavy atom. The Kier molecular flexibility index (Phi) is 4.96. The highest BCUT2D eigenvalue weighted by Crippen LogP contribution is 2.20. The van der Waals surface area contributed by atoms with Crippen molar-refractivity contribution in [2.45, 2.75) is 25.4 Å². The summed E-state index contributed by atoms with van der Waals surface area (Å²) < 4.78 is 5.65. The van der Waals surface area contributed by atoms with Crippen LogP contribution in [-0.2, 0) is 6.54 Å². The molecule has 26 heavy (non-hydrogen) atoms. The van der Waals surface area contributed by atoms with Gasteiger partial charge in [-0.25, -0.2) is 0 Å². The first-order valence-electron chi connectivity index (χ1n) is 8.93. The zero-order valence-corrected chi connectivity index (χ0v) is 15.2. The minimum atomic E-state index is -0.127. The predicted molar refractivity (Wildman–Crippen MR) is 103 cm³/mol. The maximum atomic E-state index is 12.5. The summed E-state index contributed by atoms with van der Waals surface area (Å²) in [4.78, 5) is 14.9. The molecule has 5 heteroatoms. The minimum Gasteiger partial charge on any atom is -0.451 e. The second kappa shape index (κ2) is 7.52. The molecule has 0 unspecified atom stereocenters. The second-order valence-electron chi connectivity index (χ2n) is 6.80. The molecule has 1 N–H and O–H groups in total. The molecule has 2 aromatic carbocycles. The van der Waals surface area contributed by atoms with Crippen LogP contribution in [0.4, 0.5) is 0 Å². The minimum absolute atomic E-state index is 0.127. The largest absolute Gasteiger partial charge is 0.451 e. The highest BCUT2D eigenvalue weighted by atomic mass is 35.5. The van der Waals surface area contributed by atoms with E-state index in [9.17, 15) is 4.79 Å². The van der Waals surface area contributed by atoms with E-state index in [1.807, 2.05) is 36.4 Å². The van der Waals surface area contributed by atoms with Gasteiger partial charge in [0.25, 0.3) is 5.91 Å².